The van der Waals surface area contributed by atoms with E-state index < -0.39 is 26.0 Å². The van der Waals surface area contributed by atoms with Gasteiger partial charge in [0.25, 0.3) is 0 Å². The van der Waals surface area contributed by atoms with Crippen molar-refractivity contribution >= 4 is 15.8 Å². The predicted molar refractivity (Wildman–Crippen MR) is 84.1 cm³/mol. The monoisotopic (exact) mass is 319 g/mol. The van der Waals surface area contributed by atoms with E-state index >= 15 is 0 Å². The van der Waals surface area contributed by atoms with E-state index in [2.05, 4.69) is 4.90 Å². The standard InChI is InChI=1S/C15H29NO4S/c1-14(2,3)21(19,20)10-9-16-8-6-7-12(11-16)15(4,5)13(17)18/h12H,6-11H2,1-5H3,(H,17,18). The first kappa shape index (κ1) is 18.4. The van der Waals surface area contributed by atoms with Gasteiger partial charge < -0.3 is 10.0 Å². The molecule has 1 aliphatic rings. The maximum absolute atomic E-state index is 12.2. The Labute approximate surface area is 128 Å². The van der Waals surface area contributed by atoms with Crippen LogP contribution in [0.25, 0.3) is 0 Å². The summed E-state index contributed by atoms with van der Waals surface area (Å²) in [4.78, 5) is 13.5. The van der Waals surface area contributed by atoms with E-state index in [0.717, 1.165) is 19.4 Å². The number of likely N-dealkylation sites (tertiary alicyclic amines) is 1. The fraction of sp³-hybridized carbons (Fsp3) is 0.933. The van der Waals surface area contributed by atoms with Crippen molar-refractivity contribution in [1.29, 1.82) is 0 Å². The number of hydrogen-bond acceptors (Lipinski definition) is 4. The van der Waals surface area contributed by atoms with Crippen LogP contribution >= 0.6 is 0 Å². The molecule has 21 heavy (non-hydrogen) atoms. The molecule has 0 aliphatic carbocycles. The lowest BCUT2D eigenvalue weighted by molar-refractivity contribution is -0.151. The van der Waals surface area contributed by atoms with Crippen LogP contribution in [0.4, 0.5) is 0 Å². The average molecular weight is 319 g/mol. The summed E-state index contributed by atoms with van der Waals surface area (Å²) < 4.78 is 23.6. The van der Waals surface area contributed by atoms with Gasteiger partial charge in [0, 0.05) is 13.1 Å². The van der Waals surface area contributed by atoms with Gasteiger partial charge in [0.15, 0.2) is 9.84 Å². The normalized spacial score (nSPS) is 22.2. The maximum Gasteiger partial charge on any atom is 0.309 e. The van der Waals surface area contributed by atoms with Crippen LogP contribution in [0.15, 0.2) is 0 Å². The van der Waals surface area contributed by atoms with E-state index in [1.165, 1.54) is 0 Å². The van der Waals surface area contributed by atoms with Gasteiger partial charge >= 0.3 is 5.97 Å². The number of carboxylic acids is 1. The lowest BCUT2D eigenvalue weighted by Crippen LogP contribution is -2.46. The molecule has 1 atom stereocenters. The predicted octanol–water partition coefficient (Wildman–Crippen LogP) is 2.02. The van der Waals surface area contributed by atoms with Gasteiger partial charge in [0.2, 0.25) is 0 Å². The lowest BCUT2D eigenvalue weighted by atomic mass is 9.74. The third kappa shape index (κ3) is 4.42. The van der Waals surface area contributed by atoms with Gasteiger partial charge in [-0.15, -0.1) is 0 Å². The summed E-state index contributed by atoms with van der Waals surface area (Å²) in [6.07, 6.45) is 1.82. The number of sulfone groups is 1. The minimum Gasteiger partial charge on any atom is -0.481 e. The highest BCUT2D eigenvalue weighted by Crippen LogP contribution is 2.34. The van der Waals surface area contributed by atoms with Crippen LogP contribution in [-0.4, -0.2) is 54.5 Å². The van der Waals surface area contributed by atoms with Crippen LogP contribution < -0.4 is 0 Å². The molecule has 0 aromatic heterocycles. The molecule has 0 spiro atoms. The fourth-order valence-electron chi connectivity index (χ4n) is 2.58. The molecule has 124 valence electrons. The van der Waals surface area contributed by atoms with Gasteiger partial charge in [-0.05, 0) is 59.9 Å². The number of piperidine rings is 1. The van der Waals surface area contributed by atoms with E-state index in [9.17, 15) is 18.3 Å². The molecule has 1 aliphatic heterocycles. The molecule has 1 rings (SSSR count). The van der Waals surface area contributed by atoms with Crippen LogP contribution in [-0.2, 0) is 14.6 Å². The van der Waals surface area contributed by atoms with E-state index in [1.807, 2.05) is 0 Å². The lowest BCUT2D eigenvalue weighted by Gasteiger charge is -2.39. The summed E-state index contributed by atoms with van der Waals surface area (Å²) in [5.41, 5.74) is -0.762. The Morgan fingerprint density at radius 1 is 1.24 bits per heavy atom. The zero-order valence-corrected chi connectivity index (χ0v) is 14.7. The van der Waals surface area contributed by atoms with Gasteiger partial charge in [0.05, 0.1) is 15.9 Å². The highest BCUT2D eigenvalue weighted by atomic mass is 32.2. The molecule has 5 nitrogen and oxygen atoms in total. The van der Waals surface area contributed by atoms with Crippen molar-refractivity contribution < 1.29 is 18.3 Å². The van der Waals surface area contributed by atoms with Gasteiger partial charge in [-0.25, -0.2) is 8.42 Å². The number of hydrogen-bond donors (Lipinski definition) is 1. The fourth-order valence-corrected chi connectivity index (χ4v) is 3.69. The van der Waals surface area contributed by atoms with Gasteiger partial charge in [0.1, 0.15) is 0 Å². The van der Waals surface area contributed by atoms with Crippen molar-refractivity contribution in [2.24, 2.45) is 11.3 Å². The van der Waals surface area contributed by atoms with E-state index in [4.69, 9.17) is 0 Å². The Bertz CT molecular complexity index is 476. The second-order valence-corrected chi connectivity index (χ2v) is 10.5. The molecule has 1 unspecified atom stereocenters. The van der Waals surface area contributed by atoms with Crippen molar-refractivity contribution in [3.63, 3.8) is 0 Å². The molecule has 0 radical (unpaired) electrons. The van der Waals surface area contributed by atoms with Crippen LogP contribution in [0.5, 0.6) is 0 Å². The van der Waals surface area contributed by atoms with Crippen molar-refractivity contribution in [1.82, 2.24) is 4.90 Å². The Morgan fingerprint density at radius 2 is 1.81 bits per heavy atom. The number of nitrogens with zero attached hydrogens (tertiary/aromatic N) is 1. The van der Waals surface area contributed by atoms with Crippen LogP contribution in [0.2, 0.25) is 0 Å². The molecule has 6 heteroatoms. The van der Waals surface area contributed by atoms with Gasteiger partial charge in [-0.3, -0.25) is 4.79 Å². The molecule has 0 saturated carbocycles. The quantitative estimate of drug-likeness (QED) is 0.839. The second kappa shape index (κ2) is 6.24. The van der Waals surface area contributed by atoms with E-state index in [-0.39, 0.29) is 11.7 Å². The number of carboxylic acid groups (broad SMARTS) is 1. The topological polar surface area (TPSA) is 74.7 Å². The summed E-state index contributed by atoms with van der Waals surface area (Å²) in [6.45, 7) is 10.7. The highest BCUT2D eigenvalue weighted by Gasteiger charge is 2.39. The first-order valence-corrected chi connectivity index (χ1v) is 9.21. The number of rotatable bonds is 5. The summed E-state index contributed by atoms with van der Waals surface area (Å²) in [7, 11) is -3.12. The average Bonchev–Trinajstić information content (AvgIpc) is 2.35. The van der Waals surface area contributed by atoms with Gasteiger partial charge in [-0.1, -0.05) is 0 Å². The van der Waals surface area contributed by atoms with E-state index in [0.29, 0.717) is 13.1 Å². The molecule has 1 saturated heterocycles. The Kier molecular flexibility index (Phi) is 5.48. The first-order chi connectivity index (χ1) is 9.38. The second-order valence-electron chi connectivity index (χ2n) is 7.60. The Balaban J connectivity index is 2.65. The molecule has 1 N–H and O–H groups in total. The summed E-state index contributed by atoms with van der Waals surface area (Å²) in [5, 5.41) is 9.33. The largest absolute Gasteiger partial charge is 0.481 e. The minimum absolute atomic E-state index is 0.0705. The molecular weight excluding hydrogens is 290 g/mol. The molecule has 0 aromatic rings. The highest BCUT2D eigenvalue weighted by molar-refractivity contribution is 7.92. The zero-order chi connectivity index (χ0) is 16.5. The molecule has 0 amide bonds. The smallest absolute Gasteiger partial charge is 0.309 e. The third-order valence-electron chi connectivity index (χ3n) is 4.69. The van der Waals surface area contributed by atoms with Crippen molar-refractivity contribution in [3.8, 4) is 0 Å². The summed E-state index contributed by atoms with van der Waals surface area (Å²) >= 11 is 0. The molecule has 1 heterocycles. The molecule has 1 fully saturated rings. The Morgan fingerprint density at radius 3 is 2.29 bits per heavy atom. The van der Waals surface area contributed by atoms with Crippen LogP contribution in [0.1, 0.15) is 47.5 Å². The maximum atomic E-state index is 12.2. The zero-order valence-electron chi connectivity index (χ0n) is 13.8. The summed E-state index contributed by atoms with van der Waals surface area (Å²) in [6, 6.07) is 0. The van der Waals surface area contributed by atoms with E-state index in [1.54, 1.807) is 34.6 Å². The van der Waals surface area contributed by atoms with Crippen molar-refractivity contribution in [3.05, 3.63) is 0 Å². The molecule has 0 aromatic carbocycles. The first-order valence-electron chi connectivity index (χ1n) is 7.56. The Hall–Kier alpha value is -0.620. The van der Waals surface area contributed by atoms with Crippen molar-refractivity contribution in [2.45, 2.75) is 52.2 Å². The molecule has 0 bridgehead atoms. The molecular formula is C15H29NO4S. The summed E-state index contributed by atoms with van der Waals surface area (Å²) in [5.74, 6) is -0.575. The van der Waals surface area contributed by atoms with Crippen LogP contribution in [0.3, 0.4) is 0 Å². The SMILES string of the molecule is CC(C)(C(=O)O)C1CCCN(CCS(=O)(=O)C(C)(C)C)C1. The minimum atomic E-state index is -3.12. The van der Waals surface area contributed by atoms with Crippen LogP contribution in [0, 0.1) is 11.3 Å². The van der Waals surface area contributed by atoms with Crippen molar-refractivity contribution in [2.75, 3.05) is 25.4 Å². The number of aliphatic carboxylic acids is 1. The number of carbonyl (C=O) groups is 1. The third-order valence-corrected chi connectivity index (χ3v) is 7.27. The van der Waals surface area contributed by atoms with Gasteiger partial charge in [-0.2, -0.15) is 0 Å².